The zero-order chi connectivity index (χ0) is 13.5. The molecule has 1 aliphatic heterocycles. The number of benzene rings is 1. The molecule has 20 heavy (non-hydrogen) atoms. The molecule has 0 aromatic heterocycles. The molecule has 0 radical (unpaired) electrons. The molecule has 2 fully saturated rings. The average molecular weight is 270 g/mol. The summed E-state index contributed by atoms with van der Waals surface area (Å²) in [4.78, 5) is 2.80. The minimum absolute atomic E-state index is 0.665. The minimum Gasteiger partial charge on any atom is -0.311 e. The van der Waals surface area contributed by atoms with Crippen LogP contribution in [-0.2, 0) is 6.42 Å². The second-order valence-corrected chi connectivity index (χ2v) is 7.00. The fraction of sp³-hybridized carbons (Fsp3) is 0.667. The Morgan fingerprint density at radius 2 is 2.00 bits per heavy atom. The Hall–Kier alpha value is -0.860. The van der Waals surface area contributed by atoms with E-state index in [4.69, 9.17) is 0 Å². The zero-order valence-electron chi connectivity index (χ0n) is 12.5. The van der Waals surface area contributed by atoms with Crippen molar-refractivity contribution in [2.24, 2.45) is 5.92 Å². The Kier molecular flexibility index (Phi) is 3.31. The topological polar surface area (TPSA) is 15.3 Å². The van der Waals surface area contributed by atoms with Gasteiger partial charge in [-0.25, -0.2) is 0 Å². The monoisotopic (exact) mass is 270 g/mol. The van der Waals surface area contributed by atoms with Crippen molar-refractivity contribution in [2.45, 2.75) is 57.2 Å². The Balaban J connectivity index is 1.59. The molecule has 2 nitrogen and oxygen atoms in total. The van der Waals surface area contributed by atoms with Crippen molar-refractivity contribution < 1.29 is 0 Å². The standard InChI is InChI=1S/C18H26N2/c1-13-11-19-17(15-9-10-15)12-20(13)18-8-4-6-14-5-2-3-7-16(14)18/h2-3,5,7,13,15,17-19H,4,6,8-12H2,1H3. The highest BCUT2D eigenvalue weighted by Gasteiger charge is 2.39. The van der Waals surface area contributed by atoms with Gasteiger partial charge in [-0.2, -0.15) is 0 Å². The van der Waals surface area contributed by atoms with Gasteiger partial charge in [0.1, 0.15) is 0 Å². The third-order valence-corrected chi connectivity index (χ3v) is 5.58. The lowest BCUT2D eigenvalue weighted by Crippen LogP contribution is -2.57. The van der Waals surface area contributed by atoms with Crippen molar-refractivity contribution in [1.82, 2.24) is 10.2 Å². The minimum atomic E-state index is 0.665. The van der Waals surface area contributed by atoms with E-state index in [1.54, 1.807) is 11.1 Å². The van der Waals surface area contributed by atoms with Gasteiger partial charge in [-0.05, 0) is 56.1 Å². The van der Waals surface area contributed by atoms with Gasteiger partial charge in [-0.3, -0.25) is 4.90 Å². The molecule has 1 N–H and O–H groups in total. The summed E-state index contributed by atoms with van der Waals surface area (Å²) >= 11 is 0. The number of hydrogen-bond donors (Lipinski definition) is 1. The van der Waals surface area contributed by atoms with E-state index in [1.165, 1.54) is 45.2 Å². The molecule has 1 saturated carbocycles. The summed E-state index contributed by atoms with van der Waals surface area (Å²) in [5, 5.41) is 3.78. The normalized spacial score (nSPS) is 34.8. The first-order valence-electron chi connectivity index (χ1n) is 8.40. The van der Waals surface area contributed by atoms with E-state index in [0.29, 0.717) is 12.1 Å². The summed E-state index contributed by atoms with van der Waals surface area (Å²) in [6, 6.07) is 11.2. The molecule has 0 amide bonds. The van der Waals surface area contributed by atoms with Crippen molar-refractivity contribution in [1.29, 1.82) is 0 Å². The lowest BCUT2D eigenvalue weighted by molar-refractivity contribution is 0.0753. The van der Waals surface area contributed by atoms with Crippen LogP contribution in [0.3, 0.4) is 0 Å². The third-order valence-electron chi connectivity index (χ3n) is 5.58. The highest BCUT2D eigenvalue weighted by Crippen LogP contribution is 2.39. The van der Waals surface area contributed by atoms with E-state index in [0.717, 1.165) is 12.0 Å². The number of nitrogens with one attached hydrogen (secondary N) is 1. The summed E-state index contributed by atoms with van der Waals surface area (Å²) < 4.78 is 0. The molecule has 3 unspecified atom stereocenters. The SMILES string of the molecule is CC1CNC(C2CC2)CN1C1CCCc2ccccc21. The van der Waals surface area contributed by atoms with Crippen LogP contribution in [0.2, 0.25) is 0 Å². The van der Waals surface area contributed by atoms with Gasteiger partial charge in [0, 0.05) is 31.2 Å². The first kappa shape index (κ1) is 12.8. The molecule has 1 aromatic rings. The maximum Gasteiger partial charge on any atom is 0.0354 e. The van der Waals surface area contributed by atoms with Gasteiger partial charge < -0.3 is 5.32 Å². The van der Waals surface area contributed by atoms with Crippen LogP contribution < -0.4 is 5.32 Å². The van der Waals surface area contributed by atoms with Crippen LogP contribution in [0.25, 0.3) is 0 Å². The summed E-state index contributed by atoms with van der Waals surface area (Å²) in [7, 11) is 0. The van der Waals surface area contributed by atoms with E-state index in [9.17, 15) is 0 Å². The summed E-state index contributed by atoms with van der Waals surface area (Å²) in [6.07, 6.45) is 6.87. The molecule has 108 valence electrons. The lowest BCUT2D eigenvalue weighted by atomic mass is 9.85. The number of aryl methyl sites for hydroxylation is 1. The number of nitrogens with zero attached hydrogens (tertiary/aromatic N) is 1. The first-order chi connectivity index (χ1) is 9.83. The molecule has 4 rings (SSSR count). The fourth-order valence-corrected chi connectivity index (χ4v) is 4.23. The van der Waals surface area contributed by atoms with E-state index >= 15 is 0 Å². The lowest BCUT2D eigenvalue weighted by Gasteiger charge is -2.45. The largest absolute Gasteiger partial charge is 0.311 e. The Morgan fingerprint density at radius 3 is 2.85 bits per heavy atom. The molecule has 1 aromatic carbocycles. The van der Waals surface area contributed by atoms with Crippen LogP contribution in [0, 0.1) is 5.92 Å². The predicted molar refractivity (Wildman–Crippen MR) is 82.8 cm³/mol. The number of hydrogen-bond acceptors (Lipinski definition) is 2. The van der Waals surface area contributed by atoms with Crippen LogP contribution >= 0.6 is 0 Å². The molecule has 0 bridgehead atoms. The quantitative estimate of drug-likeness (QED) is 0.888. The van der Waals surface area contributed by atoms with Gasteiger partial charge in [-0.1, -0.05) is 24.3 Å². The molecule has 3 atom stereocenters. The van der Waals surface area contributed by atoms with E-state index in [-0.39, 0.29) is 0 Å². The summed E-state index contributed by atoms with van der Waals surface area (Å²) in [5.41, 5.74) is 3.21. The summed E-state index contributed by atoms with van der Waals surface area (Å²) in [5.74, 6) is 0.962. The Morgan fingerprint density at radius 1 is 1.15 bits per heavy atom. The fourth-order valence-electron chi connectivity index (χ4n) is 4.23. The molecule has 1 heterocycles. The molecular formula is C18H26N2. The van der Waals surface area contributed by atoms with E-state index in [2.05, 4.69) is 41.4 Å². The molecular weight excluding hydrogens is 244 g/mol. The van der Waals surface area contributed by atoms with Gasteiger partial charge >= 0.3 is 0 Å². The van der Waals surface area contributed by atoms with Crippen molar-refractivity contribution >= 4 is 0 Å². The molecule has 2 heteroatoms. The Labute approximate surface area is 122 Å². The maximum absolute atomic E-state index is 3.78. The molecule has 1 saturated heterocycles. The predicted octanol–water partition coefficient (Wildman–Crippen LogP) is 3.14. The van der Waals surface area contributed by atoms with E-state index in [1.807, 2.05) is 0 Å². The second-order valence-electron chi connectivity index (χ2n) is 7.00. The number of piperazine rings is 1. The van der Waals surface area contributed by atoms with Gasteiger partial charge in [0.2, 0.25) is 0 Å². The van der Waals surface area contributed by atoms with Crippen LogP contribution in [0.15, 0.2) is 24.3 Å². The Bertz CT molecular complexity index is 480. The van der Waals surface area contributed by atoms with Crippen LogP contribution in [0.4, 0.5) is 0 Å². The zero-order valence-corrected chi connectivity index (χ0v) is 12.5. The molecule has 2 aliphatic carbocycles. The maximum atomic E-state index is 3.78. The van der Waals surface area contributed by atoms with Gasteiger partial charge in [0.25, 0.3) is 0 Å². The van der Waals surface area contributed by atoms with Gasteiger partial charge in [-0.15, -0.1) is 0 Å². The second kappa shape index (κ2) is 5.16. The average Bonchev–Trinajstić information content (AvgIpc) is 3.32. The summed E-state index contributed by atoms with van der Waals surface area (Å²) in [6.45, 7) is 4.82. The highest BCUT2D eigenvalue weighted by atomic mass is 15.3. The molecule has 0 spiro atoms. The van der Waals surface area contributed by atoms with Crippen molar-refractivity contribution in [2.75, 3.05) is 13.1 Å². The molecule has 3 aliphatic rings. The van der Waals surface area contributed by atoms with Crippen molar-refractivity contribution in [3.05, 3.63) is 35.4 Å². The smallest absolute Gasteiger partial charge is 0.0354 e. The van der Waals surface area contributed by atoms with Crippen LogP contribution in [-0.4, -0.2) is 30.1 Å². The first-order valence-corrected chi connectivity index (χ1v) is 8.40. The van der Waals surface area contributed by atoms with Crippen LogP contribution in [0.5, 0.6) is 0 Å². The van der Waals surface area contributed by atoms with Crippen molar-refractivity contribution in [3.8, 4) is 0 Å². The van der Waals surface area contributed by atoms with E-state index < -0.39 is 0 Å². The highest BCUT2D eigenvalue weighted by molar-refractivity contribution is 5.32. The van der Waals surface area contributed by atoms with Crippen molar-refractivity contribution in [3.63, 3.8) is 0 Å². The number of rotatable bonds is 2. The van der Waals surface area contributed by atoms with Gasteiger partial charge in [0.05, 0.1) is 0 Å². The number of fused-ring (bicyclic) bond motifs is 1. The van der Waals surface area contributed by atoms with Crippen LogP contribution in [0.1, 0.15) is 49.8 Å². The third kappa shape index (κ3) is 2.29. The van der Waals surface area contributed by atoms with Gasteiger partial charge in [0.15, 0.2) is 0 Å².